The van der Waals surface area contributed by atoms with Crippen LogP contribution in [0.4, 0.5) is 0 Å². The van der Waals surface area contributed by atoms with Crippen molar-refractivity contribution in [3.8, 4) is 17.1 Å². The topological polar surface area (TPSA) is 64.2 Å². The number of nitrogens with zero attached hydrogens (tertiary/aromatic N) is 1. The van der Waals surface area contributed by atoms with E-state index in [2.05, 4.69) is 9.97 Å². The smallest absolute Gasteiger partial charge is 0.358 e. The maximum atomic E-state index is 11.8. The van der Waals surface area contributed by atoms with Crippen LogP contribution in [-0.2, 0) is 4.74 Å². The second kappa shape index (κ2) is 5.77. The van der Waals surface area contributed by atoms with E-state index in [1.54, 1.807) is 7.11 Å². The van der Waals surface area contributed by atoms with Gasteiger partial charge in [0.15, 0.2) is 5.69 Å². The number of carbonyl (C=O) groups is 1. The summed E-state index contributed by atoms with van der Waals surface area (Å²) in [5.41, 5.74) is 1.97. The molecular weight excluding hydrogens is 256 g/mol. The molecule has 5 heteroatoms. The number of ether oxygens (including phenoxy) is 2. The molecule has 106 valence electrons. The minimum absolute atomic E-state index is 0.149. The number of benzene rings is 1. The number of methoxy groups -OCH3 is 2. The molecule has 2 aromatic rings. The quantitative estimate of drug-likeness (QED) is 0.870. The van der Waals surface area contributed by atoms with Crippen molar-refractivity contribution in [1.82, 2.24) is 9.97 Å². The molecule has 0 spiro atoms. The van der Waals surface area contributed by atoms with E-state index < -0.39 is 5.97 Å². The number of esters is 1. The summed E-state index contributed by atoms with van der Waals surface area (Å²) < 4.78 is 9.97. The Morgan fingerprint density at radius 2 is 2.05 bits per heavy atom. The summed E-state index contributed by atoms with van der Waals surface area (Å²) >= 11 is 0. The summed E-state index contributed by atoms with van der Waals surface area (Å²) in [4.78, 5) is 19.3. The molecule has 20 heavy (non-hydrogen) atoms. The van der Waals surface area contributed by atoms with Gasteiger partial charge in [0, 0.05) is 5.56 Å². The third kappa shape index (κ3) is 2.66. The zero-order valence-corrected chi connectivity index (χ0v) is 12.1. The Labute approximate surface area is 117 Å². The summed E-state index contributed by atoms with van der Waals surface area (Å²) in [6.07, 6.45) is 0. The molecule has 0 fully saturated rings. The van der Waals surface area contributed by atoms with Crippen molar-refractivity contribution >= 4 is 5.97 Å². The highest BCUT2D eigenvalue weighted by Crippen LogP contribution is 2.26. The lowest BCUT2D eigenvalue weighted by Gasteiger charge is -2.03. The van der Waals surface area contributed by atoms with Crippen molar-refractivity contribution in [3.05, 3.63) is 35.7 Å². The Hall–Kier alpha value is -2.30. The maximum Gasteiger partial charge on any atom is 0.358 e. The van der Waals surface area contributed by atoms with Gasteiger partial charge >= 0.3 is 5.97 Å². The largest absolute Gasteiger partial charge is 0.497 e. The number of carbonyl (C=O) groups excluding carboxylic acids is 1. The molecule has 0 radical (unpaired) electrons. The molecule has 1 heterocycles. The molecule has 2 rings (SSSR count). The van der Waals surface area contributed by atoms with Crippen LogP contribution < -0.4 is 4.74 Å². The number of imidazole rings is 1. The first-order chi connectivity index (χ1) is 9.56. The minimum Gasteiger partial charge on any atom is -0.497 e. The Bertz CT molecular complexity index is 617. The SMILES string of the molecule is COC(=O)c1nc(-c2cccc(OC)c2)[nH]c1C(C)C. The molecule has 1 N–H and O–H groups in total. The van der Waals surface area contributed by atoms with Crippen LogP contribution in [0.25, 0.3) is 11.4 Å². The fraction of sp³-hybridized carbons (Fsp3) is 0.333. The number of aromatic nitrogens is 2. The lowest BCUT2D eigenvalue weighted by Crippen LogP contribution is -2.06. The third-order valence-corrected chi connectivity index (χ3v) is 3.03. The fourth-order valence-corrected chi connectivity index (χ4v) is 1.96. The molecular formula is C15H18N2O3. The maximum absolute atomic E-state index is 11.8. The molecule has 0 saturated carbocycles. The van der Waals surface area contributed by atoms with Gasteiger partial charge in [-0.15, -0.1) is 0 Å². The number of aromatic amines is 1. The zero-order valence-electron chi connectivity index (χ0n) is 12.1. The first-order valence-electron chi connectivity index (χ1n) is 6.39. The van der Waals surface area contributed by atoms with E-state index in [4.69, 9.17) is 9.47 Å². The molecule has 0 bridgehead atoms. The van der Waals surface area contributed by atoms with Crippen molar-refractivity contribution < 1.29 is 14.3 Å². The monoisotopic (exact) mass is 274 g/mol. The molecule has 5 nitrogen and oxygen atoms in total. The summed E-state index contributed by atoms with van der Waals surface area (Å²) in [6.45, 7) is 3.99. The Balaban J connectivity index is 2.49. The van der Waals surface area contributed by atoms with E-state index in [0.29, 0.717) is 11.5 Å². The first kappa shape index (κ1) is 14.1. The molecule has 1 aromatic heterocycles. The third-order valence-electron chi connectivity index (χ3n) is 3.03. The molecule has 0 aliphatic rings. The van der Waals surface area contributed by atoms with E-state index in [0.717, 1.165) is 17.0 Å². The summed E-state index contributed by atoms with van der Waals surface area (Å²) in [7, 11) is 2.97. The van der Waals surface area contributed by atoms with Gasteiger partial charge < -0.3 is 14.5 Å². The highest BCUT2D eigenvalue weighted by Gasteiger charge is 2.20. The van der Waals surface area contributed by atoms with E-state index in [-0.39, 0.29) is 5.92 Å². The van der Waals surface area contributed by atoms with Gasteiger partial charge in [-0.2, -0.15) is 0 Å². The zero-order chi connectivity index (χ0) is 14.7. The van der Waals surface area contributed by atoms with Crippen molar-refractivity contribution in [3.63, 3.8) is 0 Å². The predicted octanol–water partition coefficient (Wildman–Crippen LogP) is 3.00. The number of hydrogen-bond acceptors (Lipinski definition) is 4. The standard InChI is InChI=1S/C15H18N2O3/c1-9(2)12-13(15(18)20-4)17-14(16-12)10-6-5-7-11(8-10)19-3/h5-9H,1-4H3,(H,16,17). The molecule has 0 amide bonds. The van der Waals surface area contributed by atoms with E-state index in [9.17, 15) is 4.79 Å². The summed E-state index contributed by atoms with van der Waals surface area (Å²) in [5.74, 6) is 1.09. The molecule has 0 unspecified atom stereocenters. The van der Waals surface area contributed by atoms with Crippen LogP contribution in [0.15, 0.2) is 24.3 Å². The normalized spacial score (nSPS) is 10.7. The van der Waals surface area contributed by atoms with Crippen LogP contribution in [0, 0.1) is 0 Å². The predicted molar refractivity (Wildman–Crippen MR) is 76.0 cm³/mol. The fourth-order valence-electron chi connectivity index (χ4n) is 1.96. The number of rotatable bonds is 4. The Morgan fingerprint density at radius 1 is 1.30 bits per heavy atom. The highest BCUT2D eigenvalue weighted by molar-refractivity contribution is 5.89. The lowest BCUT2D eigenvalue weighted by atomic mass is 10.1. The van der Waals surface area contributed by atoms with Crippen LogP contribution in [0.2, 0.25) is 0 Å². The average molecular weight is 274 g/mol. The van der Waals surface area contributed by atoms with Gasteiger partial charge in [0.2, 0.25) is 0 Å². The molecule has 0 aliphatic carbocycles. The lowest BCUT2D eigenvalue weighted by molar-refractivity contribution is 0.0593. The number of nitrogens with one attached hydrogen (secondary N) is 1. The molecule has 0 saturated heterocycles. The van der Waals surface area contributed by atoms with Gasteiger partial charge in [-0.05, 0) is 18.1 Å². The van der Waals surface area contributed by atoms with Crippen molar-refractivity contribution in [2.24, 2.45) is 0 Å². The van der Waals surface area contributed by atoms with E-state index >= 15 is 0 Å². The second-order valence-corrected chi connectivity index (χ2v) is 4.73. The van der Waals surface area contributed by atoms with Gasteiger partial charge in [0.1, 0.15) is 11.6 Å². The number of H-pyrrole nitrogens is 1. The molecule has 0 atom stereocenters. The Morgan fingerprint density at radius 3 is 2.65 bits per heavy atom. The first-order valence-corrected chi connectivity index (χ1v) is 6.39. The van der Waals surface area contributed by atoms with E-state index in [1.165, 1.54) is 7.11 Å². The van der Waals surface area contributed by atoms with Gasteiger partial charge in [-0.3, -0.25) is 0 Å². The minimum atomic E-state index is -0.431. The van der Waals surface area contributed by atoms with Crippen molar-refractivity contribution in [2.75, 3.05) is 14.2 Å². The number of hydrogen-bond donors (Lipinski definition) is 1. The van der Waals surface area contributed by atoms with Crippen LogP contribution >= 0.6 is 0 Å². The molecule has 1 aromatic carbocycles. The van der Waals surface area contributed by atoms with Crippen LogP contribution in [0.5, 0.6) is 5.75 Å². The van der Waals surface area contributed by atoms with E-state index in [1.807, 2.05) is 38.1 Å². The summed E-state index contributed by atoms with van der Waals surface area (Å²) in [5, 5.41) is 0. The van der Waals surface area contributed by atoms with Crippen LogP contribution in [0.1, 0.15) is 35.9 Å². The van der Waals surface area contributed by atoms with Gasteiger partial charge in [-0.1, -0.05) is 26.0 Å². The average Bonchev–Trinajstić information content (AvgIpc) is 2.92. The second-order valence-electron chi connectivity index (χ2n) is 4.73. The van der Waals surface area contributed by atoms with Crippen LogP contribution in [-0.4, -0.2) is 30.2 Å². The molecule has 0 aliphatic heterocycles. The Kier molecular flexibility index (Phi) is 4.08. The van der Waals surface area contributed by atoms with Crippen molar-refractivity contribution in [2.45, 2.75) is 19.8 Å². The van der Waals surface area contributed by atoms with Gasteiger partial charge in [0.05, 0.1) is 19.9 Å². The van der Waals surface area contributed by atoms with Crippen molar-refractivity contribution in [1.29, 1.82) is 0 Å². The summed E-state index contributed by atoms with van der Waals surface area (Å²) in [6, 6.07) is 7.51. The van der Waals surface area contributed by atoms with Gasteiger partial charge in [0.25, 0.3) is 0 Å². The van der Waals surface area contributed by atoms with Crippen LogP contribution in [0.3, 0.4) is 0 Å². The van der Waals surface area contributed by atoms with Gasteiger partial charge in [-0.25, -0.2) is 9.78 Å². The highest BCUT2D eigenvalue weighted by atomic mass is 16.5.